The van der Waals surface area contributed by atoms with Gasteiger partial charge in [-0.1, -0.05) is 53.9 Å². The third-order valence-corrected chi connectivity index (χ3v) is 7.37. The van der Waals surface area contributed by atoms with E-state index in [-0.39, 0.29) is 18.5 Å². The molecule has 0 fully saturated rings. The van der Waals surface area contributed by atoms with Gasteiger partial charge in [-0.05, 0) is 62.6 Å². The number of sulfonamides is 1. The lowest BCUT2D eigenvalue weighted by atomic mass is 10.1. The lowest BCUT2D eigenvalue weighted by Gasteiger charge is -2.33. The second kappa shape index (κ2) is 12.3. The molecular formula is C24H30Cl3N3O4S. The normalized spacial score (nSPS) is 12.4. The van der Waals surface area contributed by atoms with Gasteiger partial charge in [0.25, 0.3) is 0 Å². The minimum Gasteiger partial charge on any atom is -0.352 e. The Balaban J connectivity index is 2.51. The molecule has 2 aromatic carbocycles. The second-order valence-electron chi connectivity index (χ2n) is 8.56. The number of amides is 2. The molecule has 0 aliphatic heterocycles. The van der Waals surface area contributed by atoms with E-state index in [0.717, 1.165) is 10.6 Å². The van der Waals surface area contributed by atoms with Crippen LogP contribution in [-0.2, 0) is 26.2 Å². The van der Waals surface area contributed by atoms with E-state index in [0.29, 0.717) is 38.3 Å². The predicted octanol–water partition coefficient (Wildman–Crippen LogP) is 5.05. The van der Waals surface area contributed by atoms with E-state index in [1.54, 1.807) is 44.2 Å². The Labute approximate surface area is 222 Å². The average molecular weight is 563 g/mol. The number of nitrogens with one attached hydrogen (secondary N) is 1. The summed E-state index contributed by atoms with van der Waals surface area (Å²) in [5, 5.41) is 3.84. The summed E-state index contributed by atoms with van der Waals surface area (Å²) in [5.41, 5.74) is 1.57. The highest BCUT2D eigenvalue weighted by Gasteiger charge is 2.32. The van der Waals surface area contributed by atoms with Crippen LogP contribution in [0.1, 0.15) is 38.3 Å². The van der Waals surface area contributed by atoms with Crippen molar-refractivity contribution in [3.05, 3.63) is 62.6 Å². The molecule has 0 spiro atoms. The van der Waals surface area contributed by atoms with Crippen LogP contribution < -0.4 is 9.62 Å². The van der Waals surface area contributed by atoms with Crippen molar-refractivity contribution in [3.8, 4) is 0 Å². The maximum Gasteiger partial charge on any atom is 0.244 e. The summed E-state index contributed by atoms with van der Waals surface area (Å²) in [7, 11) is -3.85. The summed E-state index contributed by atoms with van der Waals surface area (Å²) < 4.78 is 26.4. The summed E-state index contributed by atoms with van der Waals surface area (Å²) in [4.78, 5) is 28.0. The van der Waals surface area contributed by atoms with Crippen molar-refractivity contribution in [2.45, 2.75) is 52.7 Å². The van der Waals surface area contributed by atoms with Crippen LogP contribution in [0.15, 0.2) is 36.4 Å². The van der Waals surface area contributed by atoms with Gasteiger partial charge in [0.1, 0.15) is 12.6 Å². The molecule has 0 aliphatic rings. The summed E-state index contributed by atoms with van der Waals surface area (Å²) in [6.07, 6.45) is 1.34. The molecule has 11 heteroatoms. The molecule has 2 aromatic rings. The smallest absolute Gasteiger partial charge is 0.244 e. The van der Waals surface area contributed by atoms with E-state index < -0.39 is 28.5 Å². The standard InChI is InChI=1S/C24H30Cl3N3O4S/c1-6-21(24(32)28-15(2)3)29(13-17-8-10-19(26)20(27)11-17)23(31)14-30(35(5,33)34)22-12-18(25)9-7-16(22)4/h7-12,15,21H,6,13-14H2,1-5H3,(H,28,32). The fraction of sp³-hybridized carbons (Fsp3) is 0.417. The quantitative estimate of drug-likeness (QED) is 0.439. The van der Waals surface area contributed by atoms with Crippen LogP contribution in [0.2, 0.25) is 15.1 Å². The van der Waals surface area contributed by atoms with E-state index >= 15 is 0 Å². The molecule has 0 heterocycles. The van der Waals surface area contributed by atoms with Crippen LogP contribution in [0.25, 0.3) is 0 Å². The number of halogens is 3. The van der Waals surface area contributed by atoms with E-state index in [1.165, 1.54) is 11.0 Å². The lowest BCUT2D eigenvalue weighted by molar-refractivity contribution is -0.140. The SMILES string of the molecule is CCC(C(=O)NC(C)C)N(Cc1ccc(Cl)c(Cl)c1)C(=O)CN(c1cc(Cl)ccc1C)S(C)(=O)=O. The van der Waals surface area contributed by atoms with Crippen LogP contribution in [0.4, 0.5) is 5.69 Å². The van der Waals surface area contributed by atoms with Gasteiger partial charge < -0.3 is 10.2 Å². The number of nitrogens with zero attached hydrogens (tertiary/aromatic N) is 2. The molecule has 192 valence electrons. The maximum absolute atomic E-state index is 13.7. The van der Waals surface area contributed by atoms with Crippen molar-refractivity contribution < 1.29 is 18.0 Å². The zero-order valence-corrected chi connectivity index (χ0v) is 23.4. The van der Waals surface area contributed by atoms with Crippen LogP contribution in [0.5, 0.6) is 0 Å². The van der Waals surface area contributed by atoms with E-state index in [2.05, 4.69) is 5.32 Å². The van der Waals surface area contributed by atoms with E-state index in [9.17, 15) is 18.0 Å². The third kappa shape index (κ3) is 8.00. The van der Waals surface area contributed by atoms with Gasteiger partial charge in [-0.15, -0.1) is 0 Å². The fourth-order valence-electron chi connectivity index (χ4n) is 3.58. The van der Waals surface area contributed by atoms with Crippen molar-refractivity contribution >= 4 is 62.3 Å². The molecule has 0 aliphatic carbocycles. The van der Waals surface area contributed by atoms with Gasteiger partial charge in [-0.2, -0.15) is 0 Å². The largest absolute Gasteiger partial charge is 0.352 e. The Hall–Kier alpha value is -2.00. The van der Waals surface area contributed by atoms with Gasteiger partial charge in [0.15, 0.2) is 0 Å². The number of hydrogen-bond donors (Lipinski definition) is 1. The van der Waals surface area contributed by atoms with Crippen LogP contribution in [0, 0.1) is 6.92 Å². The van der Waals surface area contributed by atoms with Gasteiger partial charge in [0.2, 0.25) is 21.8 Å². The number of carbonyl (C=O) groups is 2. The van der Waals surface area contributed by atoms with Crippen LogP contribution >= 0.6 is 34.8 Å². The lowest BCUT2D eigenvalue weighted by Crippen LogP contribution is -2.53. The van der Waals surface area contributed by atoms with Crippen LogP contribution in [0.3, 0.4) is 0 Å². The summed E-state index contributed by atoms with van der Waals surface area (Å²) >= 11 is 18.3. The Bertz CT molecular complexity index is 1190. The van der Waals surface area contributed by atoms with E-state index in [1.807, 2.05) is 13.8 Å². The molecule has 2 amide bonds. The number of rotatable bonds is 10. The molecule has 7 nitrogen and oxygen atoms in total. The highest BCUT2D eigenvalue weighted by molar-refractivity contribution is 7.92. The van der Waals surface area contributed by atoms with Gasteiger partial charge in [-0.3, -0.25) is 13.9 Å². The van der Waals surface area contributed by atoms with Crippen LogP contribution in [-0.4, -0.2) is 50.0 Å². The van der Waals surface area contributed by atoms with Crippen molar-refractivity contribution in [1.29, 1.82) is 0 Å². The molecular weight excluding hydrogens is 533 g/mol. The molecule has 1 N–H and O–H groups in total. The van der Waals surface area contributed by atoms with Crippen molar-refractivity contribution in [2.75, 3.05) is 17.1 Å². The molecule has 35 heavy (non-hydrogen) atoms. The first-order chi connectivity index (χ1) is 16.2. The summed E-state index contributed by atoms with van der Waals surface area (Å²) in [6.45, 7) is 6.69. The van der Waals surface area contributed by atoms with Gasteiger partial charge in [0, 0.05) is 17.6 Å². The first-order valence-corrected chi connectivity index (χ1v) is 14.0. The second-order valence-corrected chi connectivity index (χ2v) is 11.7. The number of anilines is 1. The molecule has 1 unspecified atom stereocenters. The van der Waals surface area contributed by atoms with Gasteiger partial charge in [0.05, 0.1) is 22.0 Å². The number of benzene rings is 2. The van der Waals surface area contributed by atoms with Gasteiger partial charge in [-0.25, -0.2) is 8.42 Å². The topological polar surface area (TPSA) is 86.8 Å². The fourth-order valence-corrected chi connectivity index (χ4v) is 4.97. The molecule has 0 bridgehead atoms. The Morgan fingerprint density at radius 2 is 1.69 bits per heavy atom. The third-order valence-electron chi connectivity index (χ3n) is 5.27. The minimum absolute atomic E-state index is 0.0336. The van der Waals surface area contributed by atoms with Crippen molar-refractivity contribution in [1.82, 2.24) is 10.2 Å². The number of aryl methyl sites for hydroxylation is 1. The average Bonchev–Trinajstić information content (AvgIpc) is 2.74. The van der Waals surface area contributed by atoms with E-state index in [4.69, 9.17) is 34.8 Å². The predicted molar refractivity (Wildman–Crippen MR) is 143 cm³/mol. The molecule has 0 radical (unpaired) electrons. The molecule has 0 saturated heterocycles. The first-order valence-electron chi connectivity index (χ1n) is 11.0. The minimum atomic E-state index is -3.85. The number of hydrogen-bond acceptors (Lipinski definition) is 4. The van der Waals surface area contributed by atoms with Gasteiger partial charge >= 0.3 is 0 Å². The molecule has 0 saturated carbocycles. The highest BCUT2D eigenvalue weighted by Crippen LogP contribution is 2.28. The zero-order chi connectivity index (χ0) is 26.5. The first kappa shape index (κ1) is 29.2. The monoisotopic (exact) mass is 561 g/mol. The Kier molecular flexibility index (Phi) is 10.3. The van der Waals surface area contributed by atoms with Crippen molar-refractivity contribution in [3.63, 3.8) is 0 Å². The Morgan fingerprint density at radius 1 is 1.03 bits per heavy atom. The molecule has 0 aromatic heterocycles. The molecule has 2 rings (SSSR count). The zero-order valence-electron chi connectivity index (χ0n) is 20.3. The summed E-state index contributed by atoms with van der Waals surface area (Å²) in [5.74, 6) is -0.882. The van der Waals surface area contributed by atoms with Crippen molar-refractivity contribution in [2.24, 2.45) is 0 Å². The number of carbonyl (C=O) groups excluding carboxylic acids is 2. The highest BCUT2D eigenvalue weighted by atomic mass is 35.5. The molecule has 1 atom stereocenters. The summed E-state index contributed by atoms with van der Waals surface area (Å²) in [6, 6.07) is 8.78. The Morgan fingerprint density at radius 3 is 2.23 bits per heavy atom. The maximum atomic E-state index is 13.7.